The predicted molar refractivity (Wildman–Crippen MR) is 76.3 cm³/mol. The van der Waals surface area contributed by atoms with E-state index in [0.717, 1.165) is 23.9 Å². The molecule has 0 aliphatic carbocycles. The summed E-state index contributed by atoms with van der Waals surface area (Å²) >= 11 is 0. The first-order valence-electron chi connectivity index (χ1n) is 6.76. The molecule has 108 valence electrons. The molecule has 2 N–H and O–H groups in total. The maximum Gasteiger partial charge on any atom is 0.271 e. The molecule has 0 radical (unpaired) electrons. The van der Waals surface area contributed by atoms with Gasteiger partial charge in [0, 0.05) is 18.7 Å². The number of hydrogen-bond donors (Lipinski definition) is 2. The second-order valence-corrected chi connectivity index (χ2v) is 5.00. The van der Waals surface area contributed by atoms with Crippen molar-refractivity contribution in [1.29, 1.82) is 0 Å². The molecule has 0 fully saturated rings. The zero-order valence-electron chi connectivity index (χ0n) is 11.3. The van der Waals surface area contributed by atoms with E-state index in [1.165, 1.54) is 6.20 Å². The van der Waals surface area contributed by atoms with Crippen molar-refractivity contribution >= 4 is 5.91 Å². The van der Waals surface area contributed by atoms with Crippen LogP contribution >= 0.6 is 0 Å². The minimum absolute atomic E-state index is 0.201. The molecule has 21 heavy (non-hydrogen) atoms. The van der Waals surface area contributed by atoms with Crippen LogP contribution in [-0.2, 0) is 6.42 Å². The number of carbonyl (C=O) groups excluding carboxylic acids is 1. The molecule has 1 aromatic carbocycles. The van der Waals surface area contributed by atoms with Crippen LogP contribution in [0.25, 0.3) is 0 Å². The van der Waals surface area contributed by atoms with Gasteiger partial charge in [-0.1, -0.05) is 18.2 Å². The number of aromatic amines is 1. The number of benzene rings is 1. The van der Waals surface area contributed by atoms with Crippen molar-refractivity contribution in [1.82, 2.24) is 15.3 Å². The SMILES string of the molecule is O=C(NC[C@H]1COc2ccccc2C1)c1c[nH]c(=O)cn1. The molecule has 1 atom stereocenters. The van der Waals surface area contributed by atoms with Gasteiger partial charge in [0.15, 0.2) is 0 Å². The Morgan fingerprint density at radius 3 is 3.10 bits per heavy atom. The van der Waals surface area contributed by atoms with Gasteiger partial charge in [0.25, 0.3) is 11.5 Å². The molecular weight excluding hydrogens is 270 g/mol. The van der Waals surface area contributed by atoms with Gasteiger partial charge < -0.3 is 15.0 Å². The van der Waals surface area contributed by atoms with Crippen molar-refractivity contribution in [3.63, 3.8) is 0 Å². The lowest BCUT2D eigenvalue weighted by atomic mass is 9.97. The summed E-state index contributed by atoms with van der Waals surface area (Å²) in [7, 11) is 0. The Balaban J connectivity index is 1.58. The summed E-state index contributed by atoms with van der Waals surface area (Å²) in [5.74, 6) is 0.846. The van der Waals surface area contributed by atoms with E-state index >= 15 is 0 Å². The molecule has 3 rings (SSSR count). The Bertz CT molecular complexity index is 691. The van der Waals surface area contributed by atoms with Crippen LogP contribution < -0.4 is 15.6 Å². The standard InChI is InChI=1S/C15H15N3O3/c19-14-8-16-12(7-17-14)15(20)18-6-10-5-11-3-1-2-4-13(11)21-9-10/h1-4,7-8,10H,5-6,9H2,(H,17,19)(H,18,20)/t10-/m0/s1. The van der Waals surface area contributed by atoms with Gasteiger partial charge in [-0.2, -0.15) is 0 Å². The predicted octanol–water partition coefficient (Wildman–Crippen LogP) is 0.751. The lowest BCUT2D eigenvalue weighted by molar-refractivity contribution is 0.0933. The second kappa shape index (κ2) is 5.78. The van der Waals surface area contributed by atoms with Crippen molar-refractivity contribution in [2.24, 2.45) is 5.92 Å². The Morgan fingerprint density at radius 2 is 2.29 bits per heavy atom. The number of amides is 1. The number of nitrogens with one attached hydrogen (secondary N) is 2. The molecule has 1 aromatic heterocycles. The normalized spacial score (nSPS) is 16.7. The summed E-state index contributed by atoms with van der Waals surface area (Å²) in [5, 5.41) is 2.82. The number of ether oxygens (including phenoxy) is 1. The van der Waals surface area contributed by atoms with Gasteiger partial charge >= 0.3 is 0 Å². The highest BCUT2D eigenvalue weighted by Gasteiger charge is 2.20. The van der Waals surface area contributed by atoms with Crippen LogP contribution in [0.5, 0.6) is 5.75 Å². The van der Waals surface area contributed by atoms with Crippen molar-refractivity contribution < 1.29 is 9.53 Å². The Hall–Kier alpha value is -2.63. The summed E-state index contributed by atoms with van der Waals surface area (Å²) in [6.07, 6.45) is 3.27. The lowest BCUT2D eigenvalue weighted by Gasteiger charge is -2.25. The fraction of sp³-hybridized carbons (Fsp3) is 0.267. The number of hydrogen-bond acceptors (Lipinski definition) is 4. The van der Waals surface area contributed by atoms with Crippen molar-refractivity contribution in [3.05, 3.63) is 58.3 Å². The van der Waals surface area contributed by atoms with E-state index in [9.17, 15) is 9.59 Å². The molecule has 2 heterocycles. The zero-order valence-corrected chi connectivity index (χ0v) is 11.3. The topological polar surface area (TPSA) is 84.1 Å². The Kier molecular flexibility index (Phi) is 3.68. The summed E-state index contributed by atoms with van der Waals surface area (Å²) in [6, 6.07) is 7.91. The summed E-state index contributed by atoms with van der Waals surface area (Å²) in [4.78, 5) is 29.0. The van der Waals surface area contributed by atoms with Gasteiger partial charge in [0.05, 0.1) is 12.8 Å². The molecular formula is C15H15N3O3. The molecule has 6 nitrogen and oxygen atoms in total. The molecule has 0 spiro atoms. The molecule has 1 amide bonds. The number of para-hydroxylation sites is 1. The van der Waals surface area contributed by atoms with Crippen LogP contribution in [0.15, 0.2) is 41.5 Å². The maximum atomic E-state index is 11.9. The number of rotatable bonds is 3. The smallest absolute Gasteiger partial charge is 0.271 e. The van der Waals surface area contributed by atoms with Gasteiger partial charge in [-0.3, -0.25) is 9.59 Å². The van der Waals surface area contributed by atoms with Crippen molar-refractivity contribution in [2.45, 2.75) is 6.42 Å². The minimum Gasteiger partial charge on any atom is -0.493 e. The van der Waals surface area contributed by atoms with Gasteiger partial charge in [0.2, 0.25) is 0 Å². The summed E-state index contributed by atoms with van der Waals surface area (Å²) in [5.41, 5.74) is 1.03. The first-order chi connectivity index (χ1) is 10.2. The summed E-state index contributed by atoms with van der Waals surface area (Å²) < 4.78 is 5.68. The molecule has 6 heteroatoms. The highest BCUT2D eigenvalue weighted by atomic mass is 16.5. The quantitative estimate of drug-likeness (QED) is 0.871. The lowest BCUT2D eigenvalue weighted by Crippen LogP contribution is -2.35. The van der Waals surface area contributed by atoms with Crippen molar-refractivity contribution in [2.75, 3.05) is 13.2 Å². The first kappa shape index (κ1) is 13.4. The zero-order chi connectivity index (χ0) is 14.7. The van der Waals surface area contributed by atoms with Crippen LogP contribution in [0.4, 0.5) is 0 Å². The van der Waals surface area contributed by atoms with Crippen LogP contribution in [0, 0.1) is 5.92 Å². The van der Waals surface area contributed by atoms with Gasteiger partial charge in [-0.05, 0) is 18.1 Å². The largest absolute Gasteiger partial charge is 0.493 e. The highest BCUT2D eigenvalue weighted by molar-refractivity contribution is 5.91. The maximum absolute atomic E-state index is 11.9. The molecule has 0 bridgehead atoms. The molecule has 0 saturated carbocycles. The Morgan fingerprint density at radius 1 is 1.43 bits per heavy atom. The third-order valence-electron chi connectivity index (χ3n) is 3.41. The number of aromatic nitrogens is 2. The monoisotopic (exact) mass is 285 g/mol. The third kappa shape index (κ3) is 3.10. The average molecular weight is 285 g/mol. The minimum atomic E-state index is -0.330. The molecule has 0 unspecified atom stereocenters. The Labute approximate surface area is 121 Å². The fourth-order valence-corrected chi connectivity index (χ4v) is 2.32. The number of carbonyl (C=O) groups is 1. The van der Waals surface area contributed by atoms with Crippen LogP contribution in [0.1, 0.15) is 16.1 Å². The average Bonchev–Trinajstić information content (AvgIpc) is 2.53. The van der Waals surface area contributed by atoms with E-state index in [1.54, 1.807) is 0 Å². The highest BCUT2D eigenvalue weighted by Crippen LogP contribution is 2.26. The molecule has 0 saturated heterocycles. The number of nitrogens with zero attached hydrogens (tertiary/aromatic N) is 1. The molecule has 1 aliphatic rings. The van der Waals surface area contributed by atoms with E-state index in [2.05, 4.69) is 15.3 Å². The molecule has 2 aromatic rings. The fourth-order valence-electron chi connectivity index (χ4n) is 2.32. The molecule has 1 aliphatic heterocycles. The van der Waals surface area contributed by atoms with Crippen LogP contribution in [0.3, 0.4) is 0 Å². The number of fused-ring (bicyclic) bond motifs is 1. The van der Waals surface area contributed by atoms with E-state index < -0.39 is 0 Å². The second-order valence-electron chi connectivity index (χ2n) is 5.00. The van der Waals surface area contributed by atoms with E-state index in [4.69, 9.17) is 4.74 Å². The number of H-pyrrole nitrogens is 1. The first-order valence-corrected chi connectivity index (χ1v) is 6.76. The van der Waals surface area contributed by atoms with E-state index in [-0.39, 0.29) is 23.1 Å². The van der Waals surface area contributed by atoms with Gasteiger partial charge in [0.1, 0.15) is 11.4 Å². The van der Waals surface area contributed by atoms with Gasteiger partial charge in [-0.25, -0.2) is 4.98 Å². The van der Waals surface area contributed by atoms with E-state index in [1.807, 2.05) is 24.3 Å². The van der Waals surface area contributed by atoms with Gasteiger partial charge in [-0.15, -0.1) is 0 Å². The summed E-state index contributed by atoms with van der Waals surface area (Å²) in [6.45, 7) is 1.09. The van der Waals surface area contributed by atoms with E-state index in [0.29, 0.717) is 13.2 Å². The van der Waals surface area contributed by atoms with Crippen molar-refractivity contribution in [3.8, 4) is 5.75 Å². The van der Waals surface area contributed by atoms with Crippen LogP contribution in [0.2, 0.25) is 0 Å². The van der Waals surface area contributed by atoms with Crippen LogP contribution in [-0.4, -0.2) is 29.0 Å². The third-order valence-corrected chi connectivity index (χ3v) is 3.41.